The van der Waals surface area contributed by atoms with E-state index in [1.165, 1.54) is 0 Å². The molecule has 0 atom stereocenters. The molecule has 0 fully saturated rings. The lowest BCUT2D eigenvalue weighted by Gasteiger charge is -2.10. The van der Waals surface area contributed by atoms with E-state index < -0.39 is 5.97 Å². The van der Waals surface area contributed by atoms with Crippen molar-refractivity contribution >= 4 is 17.8 Å². The number of hydrogen-bond donors (Lipinski definition) is 2. The SMILES string of the molecule is CC(C)NC(=O)NCc1ccc(C(=O)OCC(=O)c2ccccc2)cc1. The van der Waals surface area contributed by atoms with Crippen molar-refractivity contribution in [1.82, 2.24) is 10.6 Å². The van der Waals surface area contributed by atoms with Crippen LogP contribution in [0.5, 0.6) is 0 Å². The number of Topliss-reactive ketones (excluding diaryl/α,β-unsaturated/α-hetero) is 1. The zero-order valence-corrected chi connectivity index (χ0v) is 14.8. The van der Waals surface area contributed by atoms with Crippen LogP contribution in [-0.2, 0) is 11.3 Å². The predicted molar refractivity (Wildman–Crippen MR) is 98.0 cm³/mol. The smallest absolute Gasteiger partial charge is 0.338 e. The Morgan fingerprint density at radius 2 is 1.58 bits per heavy atom. The van der Waals surface area contributed by atoms with Gasteiger partial charge in [-0.05, 0) is 31.5 Å². The minimum atomic E-state index is -0.564. The van der Waals surface area contributed by atoms with Crippen LogP contribution >= 0.6 is 0 Å². The number of nitrogens with one attached hydrogen (secondary N) is 2. The quantitative estimate of drug-likeness (QED) is 0.591. The molecule has 2 rings (SSSR count). The monoisotopic (exact) mass is 354 g/mol. The molecule has 0 unspecified atom stereocenters. The van der Waals surface area contributed by atoms with Crippen LogP contribution < -0.4 is 10.6 Å². The highest BCUT2D eigenvalue weighted by Gasteiger charge is 2.11. The number of ether oxygens (including phenoxy) is 1. The van der Waals surface area contributed by atoms with Gasteiger partial charge in [0.2, 0.25) is 0 Å². The number of rotatable bonds is 7. The number of benzene rings is 2. The van der Waals surface area contributed by atoms with Crippen LogP contribution in [-0.4, -0.2) is 30.4 Å². The Labute approximate surface area is 152 Å². The zero-order valence-electron chi connectivity index (χ0n) is 14.8. The third-order valence-electron chi connectivity index (χ3n) is 3.49. The molecule has 0 spiro atoms. The average Bonchev–Trinajstić information content (AvgIpc) is 2.64. The molecule has 26 heavy (non-hydrogen) atoms. The van der Waals surface area contributed by atoms with E-state index in [9.17, 15) is 14.4 Å². The maximum absolute atomic E-state index is 12.0. The molecule has 136 valence electrons. The number of carbonyl (C=O) groups is 3. The van der Waals surface area contributed by atoms with Gasteiger partial charge in [-0.2, -0.15) is 0 Å². The van der Waals surface area contributed by atoms with E-state index in [0.29, 0.717) is 17.7 Å². The van der Waals surface area contributed by atoms with Crippen LogP contribution in [0.1, 0.15) is 40.1 Å². The highest BCUT2D eigenvalue weighted by Crippen LogP contribution is 2.07. The van der Waals surface area contributed by atoms with Gasteiger partial charge >= 0.3 is 12.0 Å². The van der Waals surface area contributed by atoms with Gasteiger partial charge in [0.1, 0.15) is 0 Å². The largest absolute Gasteiger partial charge is 0.454 e. The first kappa shape index (κ1) is 19.2. The Bertz CT molecular complexity index is 755. The molecule has 0 aliphatic heterocycles. The lowest BCUT2D eigenvalue weighted by Crippen LogP contribution is -2.39. The van der Waals surface area contributed by atoms with Gasteiger partial charge in [0.25, 0.3) is 0 Å². The minimum Gasteiger partial charge on any atom is -0.454 e. The normalized spacial score (nSPS) is 10.3. The fourth-order valence-electron chi connectivity index (χ4n) is 2.18. The molecule has 0 aliphatic carbocycles. The number of ketones is 1. The van der Waals surface area contributed by atoms with Crippen molar-refractivity contribution < 1.29 is 19.1 Å². The molecule has 0 radical (unpaired) electrons. The molecule has 6 heteroatoms. The first-order valence-corrected chi connectivity index (χ1v) is 8.34. The third kappa shape index (κ3) is 6.05. The first-order chi connectivity index (χ1) is 12.5. The average molecular weight is 354 g/mol. The number of esters is 1. The lowest BCUT2D eigenvalue weighted by molar-refractivity contribution is 0.0474. The van der Waals surface area contributed by atoms with Crippen LogP contribution in [0.25, 0.3) is 0 Å². The maximum Gasteiger partial charge on any atom is 0.338 e. The molecule has 2 aromatic carbocycles. The fourth-order valence-corrected chi connectivity index (χ4v) is 2.18. The molecule has 0 saturated heterocycles. The molecule has 0 bridgehead atoms. The van der Waals surface area contributed by atoms with Crippen molar-refractivity contribution in [3.63, 3.8) is 0 Å². The summed E-state index contributed by atoms with van der Waals surface area (Å²) in [6.07, 6.45) is 0. The maximum atomic E-state index is 12.0. The summed E-state index contributed by atoms with van der Waals surface area (Å²) in [6.45, 7) is 3.80. The number of urea groups is 1. The number of amides is 2. The van der Waals surface area contributed by atoms with E-state index >= 15 is 0 Å². The van der Waals surface area contributed by atoms with Crippen molar-refractivity contribution in [2.24, 2.45) is 0 Å². The summed E-state index contributed by atoms with van der Waals surface area (Å²) >= 11 is 0. The van der Waals surface area contributed by atoms with Gasteiger partial charge < -0.3 is 15.4 Å². The van der Waals surface area contributed by atoms with Crippen molar-refractivity contribution in [2.45, 2.75) is 26.4 Å². The first-order valence-electron chi connectivity index (χ1n) is 8.34. The second-order valence-corrected chi connectivity index (χ2v) is 6.04. The summed E-state index contributed by atoms with van der Waals surface area (Å²) in [5.41, 5.74) is 1.70. The molecule has 0 aromatic heterocycles. The molecule has 0 saturated carbocycles. The Morgan fingerprint density at radius 3 is 2.19 bits per heavy atom. The Balaban J connectivity index is 1.82. The zero-order chi connectivity index (χ0) is 18.9. The van der Waals surface area contributed by atoms with Gasteiger partial charge in [-0.25, -0.2) is 9.59 Å². The second kappa shape index (κ2) is 9.36. The van der Waals surface area contributed by atoms with E-state index in [1.54, 1.807) is 48.5 Å². The fraction of sp³-hybridized carbons (Fsp3) is 0.250. The third-order valence-corrected chi connectivity index (χ3v) is 3.49. The van der Waals surface area contributed by atoms with Crippen molar-refractivity contribution in [1.29, 1.82) is 0 Å². The molecule has 2 N–H and O–H groups in total. The van der Waals surface area contributed by atoms with Gasteiger partial charge in [-0.15, -0.1) is 0 Å². The highest BCUT2D eigenvalue weighted by molar-refractivity contribution is 5.99. The van der Waals surface area contributed by atoms with Gasteiger partial charge in [0, 0.05) is 18.2 Å². The van der Waals surface area contributed by atoms with E-state index in [0.717, 1.165) is 5.56 Å². The standard InChI is InChI=1S/C20H22N2O4/c1-14(2)22-20(25)21-12-15-8-10-17(11-9-15)19(24)26-13-18(23)16-6-4-3-5-7-16/h3-11,14H,12-13H2,1-2H3,(H2,21,22,25). The molecular weight excluding hydrogens is 332 g/mol. The molecule has 2 aromatic rings. The summed E-state index contributed by atoms with van der Waals surface area (Å²) in [6, 6.07) is 15.1. The van der Waals surface area contributed by atoms with Crippen LogP contribution in [0.2, 0.25) is 0 Å². The lowest BCUT2D eigenvalue weighted by atomic mass is 10.1. The number of hydrogen-bond acceptors (Lipinski definition) is 4. The van der Waals surface area contributed by atoms with Crippen molar-refractivity contribution in [3.8, 4) is 0 Å². The van der Waals surface area contributed by atoms with Crippen LogP contribution in [0.15, 0.2) is 54.6 Å². The van der Waals surface area contributed by atoms with E-state index in [4.69, 9.17) is 4.74 Å². The van der Waals surface area contributed by atoms with Crippen LogP contribution in [0.4, 0.5) is 4.79 Å². The predicted octanol–water partition coefficient (Wildman–Crippen LogP) is 2.93. The highest BCUT2D eigenvalue weighted by atomic mass is 16.5. The van der Waals surface area contributed by atoms with Gasteiger partial charge in [0.05, 0.1) is 5.56 Å². The topological polar surface area (TPSA) is 84.5 Å². The van der Waals surface area contributed by atoms with Crippen molar-refractivity contribution in [2.75, 3.05) is 6.61 Å². The van der Waals surface area contributed by atoms with Crippen LogP contribution in [0, 0.1) is 0 Å². The summed E-state index contributed by atoms with van der Waals surface area (Å²) in [4.78, 5) is 35.5. The molecular formula is C20H22N2O4. The van der Waals surface area contributed by atoms with E-state index in [2.05, 4.69) is 10.6 Å². The van der Waals surface area contributed by atoms with Gasteiger partial charge in [-0.1, -0.05) is 42.5 Å². The van der Waals surface area contributed by atoms with Gasteiger partial charge in [0.15, 0.2) is 12.4 Å². The number of carbonyl (C=O) groups excluding carboxylic acids is 3. The van der Waals surface area contributed by atoms with E-state index in [1.807, 2.05) is 19.9 Å². The summed E-state index contributed by atoms with van der Waals surface area (Å²) < 4.78 is 5.06. The Kier molecular flexibility index (Phi) is 6.91. The van der Waals surface area contributed by atoms with Crippen LogP contribution in [0.3, 0.4) is 0 Å². The minimum absolute atomic E-state index is 0.0609. The Hall–Kier alpha value is -3.15. The summed E-state index contributed by atoms with van der Waals surface area (Å²) in [7, 11) is 0. The summed E-state index contributed by atoms with van der Waals surface area (Å²) in [5, 5.41) is 5.45. The van der Waals surface area contributed by atoms with Crippen molar-refractivity contribution in [3.05, 3.63) is 71.3 Å². The molecule has 2 amide bonds. The molecule has 0 heterocycles. The summed E-state index contributed by atoms with van der Waals surface area (Å²) in [5.74, 6) is -0.817. The molecule has 6 nitrogen and oxygen atoms in total. The Morgan fingerprint density at radius 1 is 0.923 bits per heavy atom. The molecule has 0 aliphatic rings. The second-order valence-electron chi connectivity index (χ2n) is 6.04. The van der Waals surface area contributed by atoms with Gasteiger partial charge in [-0.3, -0.25) is 4.79 Å². The van der Waals surface area contributed by atoms with E-state index in [-0.39, 0.29) is 24.5 Å².